The van der Waals surface area contributed by atoms with E-state index in [1.165, 1.54) is 19.3 Å². The lowest BCUT2D eigenvalue weighted by molar-refractivity contribution is -0.120. The maximum absolute atomic E-state index is 11.9. The molecule has 0 aliphatic heterocycles. The number of benzene rings is 1. The number of anilines is 1. The number of hydrogen-bond acceptors (Lipinski definition) is 2. The first-order valence-electron chi connectivity index (χ1n) is 6.94. The summed E-state index contributed by atoms with van der Waals surface area (Å²) in [5.74, 6) is 0.687. The molecule has 0 unspecified atom stereocenters. The highest BCUT2D eigenvalue weighted by atomic mass is 79.9. The van der Waals surface area contributed by atoms with Crippen molar-refractivity contribution in [1.29, 1.82) is 0 Å². The van der Waals surface area contributed by atoms with Gasteiger partial charge in [-0.05, 0) is 43.0 Å². The summed E-state index contributed by atoms with van der Waals surface area (Å²) in [6.45, 7) is 2.57. The monoisotopic (exact) mass is 324 g/mol. The second-order valence-electron chi connectivity index (χ2n) is 5.30. The topological polar surface area (TPSA) is 41.1 Å². The molecular weight excluding hydrogens is 304 g/mol. The Morgan fingerprint density at radius 1 is 1.26 bits per heavy atom. The summed E-state index contributed by atoms with van der Waals surface area (Å²) in [6.07, 6.45) is 4.87. The molecule has 0 aromatic heterocycles. The number of carbonyl (C=O) groups is 1. The Morgan fingerprint density at radius 3 is 2.63 bits per heavy atom. The molecule has 1 aliphatic rings. The standard InChI is InChI=1S/C15H21BrN2O/c1-11-4-2-3-5-14(11)18-15(19)10-17-13-8-6-12(16)7-9-13/h6-9,11,14,17H,2-5,10H2,1H3,(H,18,19)/t11-,14-/m0/s1. The van der Waals surface area contributed by atoms with Crippen LogP contribution < -0.4 is 10.6 Å². The van der Waals surface area contributed by atoms with Crippen LogP contribution in [0.15, 0.2) is 28.7 Å². The van der Waals surface area contributed by atoms with Gasteiger partial charge in [0.25, 0.3) is 0 Å². The molecule has 1 saturated carbocycles. The molecule has 1 fully saturated rings. The molecule has 2 rings (SSSR count). The van der Waals surface area contributed by atoms with Crippen molar-refractivity contribution in [2.24, 2.45) is 5.92 Å². The van der Waals surface area contributed by atoms with Gasteiger partial charge in [0.05, 0.1) is 6.54 Å². The Bertz CT molecular complexity index is 419. The van der Waals surface area contributed by atoms with E-state index in [0.29, 0.717) is 18.5 Å². The van der Waals surface area contributed by atoms with Gasteiger partial charge in [-0.1, -0.05) is 35.7 Å². The van der Waals surface area contributed by atoms with Gasteiger partial charge in [0.2, 0.25) is 5.91 Å². The van der Waals surface area contributed by atoms with Crippen LogP contribution in [-0.2, 0) is 4.79 Å². The molecule has 1 aromatic carbocycles. The van der Waals surface area contributed by atoms with Crippen molar-refractivity contribution in [3.8, 4) is 0 Å². The molecule has 0 bridgehead atoms. The molecule has 0 radical (unpaired) electrons. The number of carbonyl (C=O) groups excluding carboxylic acids is 1. The van der Waals surface area contributed by atoms with Crippen molar-refractivity contribution >= 4 is 27.5 Å². The van der Waals surface area contributed by atoms with Gasteiger partial charge in [-0.3, -0.25) is 4.79 Å². The van der Waals surface area contributed by atoms with E-state index >= 15 is 0 Å². The summed E-state index contributed by atoms with van der Waals surface area (Å²) in [5, 5.41) is 6.28. The predicted octanol–water partition coefficient (Wildman–Crippen LogP) is 3.56. The minimum atomic E-state index is 0.0849. The van der Waals surface area contributed by atoms with E-state index in [-0.39, 0.29) is 5.91 Å². The Hall–Kier alpha value is -1.03. The van der Waals surface area contributed by atoms with Crippen LogP contribution in [-0.4, -0.2) is 18.5 Å². The first-order chi connectivity index (χ1) is 9.15. The lowest BCUT2D eigenvalue weighted by Crippen LogP contribution is -2.43. The van der Waals surface area contributed by atoms with Crippen molar-refractivity contribution in [2.75, 3.05) is 11.9 Å². The number of nitrogens with one attached hydrogen (secondary N) is 2. The van der Waals surface area contributed by atoms with Crippen LogP contribution in [0.25, 0.3) is 0 Å². The number of halogens is 1. The fourth-order valence-electron chi connectivity index (χ4n) is 2.54. The van der Waals surface area contributed by atoms with Gasteiger partial charge < -0.3 is 10.6 Å². The van der Waals surface area contributed by atoms with E-state index in [9.17, 15) is 4.79 Å². The van der Waals surface area contributed by atoms with Crippen molar-refractivity contribution < 1.29 is 4.79 Å². The van der Waals surface area contributed by atoms with Crippen LogP contribution in [0.3, 0.4) is 0 Å². The molecule has 3 nitrogen and oxygen atoms in total. The van der Waals surface area contributed by atoms with Gasteiger partial charge in [0, 0.05) is 16.2 Å². The summed E-state index contributed by atoms with van der Waals surface area (Å²) >= 11 is 3.39. The van der Waals surface area contributed by atoms with Crippen LogP contribution in [0, 0.1) is 5.92 Å². The second-order valence-corrected chi connectivity index (χ2v) is 6.21. The van der Waals surface area contributed by atoms with Crippen LogP contribution in [0.5, 0.6) is 0 Å². The zero-order valence-electron chi connectivity index (χ0n) is 11.3. The molecule has 104 valence electrons. The minimum absolute atomic E-state index is 0.0849. The zero-order valence-corrected chi connectivity index (χ0v) is 12.9. The molecule has 2 N–H and O–H groups in total. The maximum Gasteiger partial charge on any atom is 0.239 e. The Balaban J connectivity index is 1.76. The summed E-state index contributed by atoms with van der Waals surface area (Å²) < 4.78 is 1.04. The third-order valence-corrected chi connectivity index (χ3v) is 4.28. The highest BCUT2D eigenvalue weighted by molar-refractivity contribution is 9.10. The highest BCUT2D eigenvalue weighted by Crippen LogP contribution is 2.23. The van der Waals surface area contributed by atoms with Crippen LogP contribution in [0.2, 0.25) is 0 Å². The quantitative estimate of drug-likeness (QED) is 0.889. The number of rotatable bonds is 4. The summed E-state index contributed by atoms with van der Waals surface area (Å²) in [5.41, 5.74) is 0.968. The van der Waals surface area contributed by atoms with Crippen LogP contribution >= 0.6 is 15.9 Å². The summed E-state index contributed by atoms with van der Waals surface area (Å²) in [4.78, 5) is 11.9. The zero-order chi connectivity index (χ0) is 13.7. The molecule has 2 atom stereocenters. The normalized spacial score (nSPS) is 22.8. The molecule has 1 amide bonds. The average Bonchev–Trinajstić information content (AvgIpc) is 2.41. The minimum Gasteiger partial charge on any atom is -0.376 e. The second kappa shape index (κ2) is 6.94. The van der Waals surface area contributed by atoms with Crippen molar-refractivity contribution in [3.63, 3.8) is 0 Å². The van der Waals surface area contributed by atoms with Gasteiger partial charge in [-0.15, -0.1) is 0 Å². The summed E-state index contributed by atoms with van der Waals surface area (Å²) in [7, 11) is 0. The predicted molar refractivity (Wildman–Crippen MR) is 82.2 cm³/mol. The smallest absolute Gasteiger partial charge is 0.239 e. The fraction of sp³-hybridized carbons (Fsp3) is 0.533. The van der Waals surface area contributed by atoms with E-state index in [4.69, 9.17) is 0 Å². The molecule has 4 heteroatoms. The Labute approximate surface area is 123 Å². The van der Waals surface area contributed by atoms with Crippen molar-refractivity contribution in [3.05, 3.63) is 28.7 Å². The van der Waals surface area contributed by atoms with Gasteiger partial charge in [0.1, 0.15) is 0 Å². The average molecular weight is 325 g/mol. The molecule has 0 heterocycles. The van der Waals surface area contributed by atoms with E-state index in [0.717, 1.165) is 16.6 Å². The number of amides is 1. The van der Waals surface area contributed by atoms with Gasteiger partial charge in [-0.2, -0.15) is 0 Å². The van der Waals surface area contributed by atoms with Gasteiger partial charge >= 0.3 is 0 Å². The van der Waals surface area contributed by atoms with Gasteiger partial charge in [-0.25, -0.2) is 0 Å². The Morgan fingerprint density at radius 2 is 1.95 bits per heavy atom. The molecule has 0 spiro atoms. The highest BCUT2D eigenvalue weighted by Gasteiger charge is 2.22. The van der Waals surface area contributed by atoms with E-state index < -0.39 is 0 Å². The van der Waals surface area contributed by atoms with Gasteiger partial charge in [0.15, 0.2) is 0 Å². The third-order valence-electron chi connectivity index (χ3n) is 3.76. The van der Waals surface area contributed by atoms with E-state index in [1.54, 1.807) is 0 Å². The first-order valence-corrected chi connectivity index (χ1v) is 7.73. The molecule has 1 aliphatic carbocycles. The molecule has 19 heavy (non-hydrogen) atoms. The molecule has 1 aromatic rings. The fourth-order valence-corrected chi connectivity index (χ4v) is 2.80. The molecular formula is C15H21BrN2O. The first kappa shape index (κ1) is 14.4. The lowest BCUT2D eigenvalue weighted by atomic mass is 9.86. The van der Waals surface area contributed by atoms with Crippen LogP contribution in [0.4, 0.5) is 5.69 Å². The van der Waals surface area contributed by atoms with Crippen LogP contribution in [0.1, 0.15) is 32.6 Å². The number of hydrogen-bond donors (Lipinski definition) is 2. The van der Waals surface area contributed by atoms with Crippen molar-refractivity contribution in [2.45, 2.75) is 38.6 Å². The summed E-state index contributed by atoms with van der Waals surface area (Å²) in [6, 6.07) is 8.20. The van der Waals surface area contributed by atoms with E-state index in [1.807, 2.05) is 24.3 Å². The Kier molecular flexibility index (Phi) is 5.25. The largest absolute Gasteiger partial charge is 0.376 e. The maximum atomic E-state index is 11.9. The van der Waals surface area contributed by atoms with Crippen molar-refractivity contribution in [1.82, 2.24) is 5.32 Å². The SMILES string of the molecule is C[C@H]1CCCC[C@@H]1NC(=O)CNc1ccc(Br)cc1. The van der Waals surface area contributed by atoms with E-state index in [2.05, 4.69) is 33.5 Å². The third kappa shape index (κ3) is 4.53. The lowest BCUT2D eigenvalue weighted by Gasteiger charge is -2.29. The molecule has 0 saturated heterocycles.